The molecule has 0 aliphatic heterocycles. The van der Waals surface area contributed by atoms with E-state index >= 15 is 0 Å². The fourth-order valence-corrected chi connectivity index (χ4v) is 3.04. The van der Waals surface area contributed by atoms with Crippen LogP contribution in [-0.2, 0) is 0 Å². The van der Waals surface area contributed by atoms with Crippen molar-refractivity contribution in [3.05, 3.63) is 26.5 Å². The van der Waals surface area contributed by atoms with Crippen LogP contribution in [0.15, 0.2) is 15.2 Å². The lowest BCUT2D eigenvalue weighted by Crippen LogP contribution is -2.04. The van der Waals surface area contributed by atoms with Crippen LogP contribution in [0.1, 0.15) is 31.0 Å². The van der Waals surface area contributed by atoms with E-state index in [4.69, 9.17) is 5.73 Å². The first-order valence-corrected chi connectivity index (χ1v) is 7.10. The first kappa shape index (κ1) is 12.5. The fraction of sp³-hybridized carbons (Fsp3) is 0.333. The minimum Gasteiger partial charge on any atom is -0.383 e. The number of halogens is 1. The van der Waals surface area contributed by atoms with Gasteiger partial charge in [0.2, 0.25) is 0 Å². The van der Waals surface area contributed by atoms with Gasteiger partial charge >= 0.3 is 0 Å². The molecule has 2 aromatic rings. The highest BCUT2D eigenvalue weighted by Gasteiger charge is 2.15. The van der Waals surface area contributed by atoms with Crippen molar-refractivity contribution in [3.63, 3.8) is 0 Å². The average molecular weight is 312 g/mol. The van der Waals surface area contributed by atoms with Gasteiger partial charge in [0, 0.05) is 10.9 Å². The van der Waals surface area contributed by atoms with E-state index < -0.39 is 0 Å². The molecule has 0 bridgehead atoms. The number of rotatable bonds is 2. The Morgan fingerprint density at radius 3 is 2.53 bits per heavy atom. The number of nitrogen functional groups attached to an aromatic ring is 1. The molecule has 5 heteroatoms. The minimum atomic E-state index is 0.312. The van der Waals surface area contributed by atoms with Gasteiger partial charge in [-0.2, -0.15) is 11.3 Å². The lowest BCUT2D eigenvalue weighted by atomic mass is 10.1. The molecular weight excluding hydrogens is 298 g/mol. The Labute approximate surface area is 113 Å². The quantitative estimate of drug-likeness (QED) is 0.912. The van der Waals surface area contributed by atoms with Crippen LogP contribution >= 0.6 is 27.3 Å². The van der Waals surface area contributed by atoms with E-state index in [1.54, 1.807) is 11.3 Å². The molecule has 90 valence electrons. The third-order valence-corrected chi connectivity index (χ3v) is 4.22. The largest absolute Gasteiger partial charge is 0.383 e. The predicted octanol–water partition coefficient (Wildman–Crippen LogP) is 3.98. The molecule has 17 heavy (non-hydrogen) atoms. The lowest BCUT2D eigenvalue weighted by Gasteiger charge is -2.11. The van der Waals surface area contributed by atoms with Gasteiger partial charge in [-0.3, -0.25) is 0 Å². The number of hydrogen-bond acceptors (Lipinski definition) is 4. The summed E-state index contributed by atoms with van der Waals surface area (Å²) in [6.07, 6.45) is 0. The normalized spacial score (nSPS) is 11.1. The number of hydrogen-bond donors (Lipinski definition) is 1. The van der Waals surface area contributed by atoms with Crippen molar-refractivity contribution in [2.24, 2.45) is 0 Å². The molecule has 0 atom stereocenters. The summed E-state index contributed by atoms with van der Waals surface area (Å²) in [7, 11) is 0. The highest BCUT2D eigenvalue weighted by molar-refractivity contribution is 9.10. The van der Waals surface area contributed by atoms with Crippen molar-refractivity contribution in [1.29, 1.82) is 0 Å². The first-order valence-electron chi connectivity index (χ1n) is 5.36. The van der Waals surface area contributed by atoms with Crippen molar-refractivity contribution < 1.29 is 0 Å². The Hall–Kier alpha value is -0.940. The van der Waals surface area contributed by atoms with E-state index in [9.17, 15) is 0 Å². The minimum absolute atomic E-state index is 0.312. The third-order valence-electron chi connectivity index (χ3n) is 2.55. The van der Waals surface area contributed by atoms with Gasteiger partial charge in [-0.1, -0.05) is 13.8 Å². The molecule has 0 radical (unpaired) electrons. The topological polar surface area (TPSA) is 51.8 Å². The Kier molecular flexibility index (Phi) is 3.49. The molecule has 3 nitrogen and oxygen atoms in total. The second-order valence-electron chi connectivity index (χ2n) is 4.25. The molecule has 0 aliphatic carbocycles. The summed E-state index contributed by atoms with van der Waals surface area (Å²) >= 11 is 5.10. The smallest absolute Gasteiger partial charge is 0.162 e. The van der Waals surface area contributed by atoms with Crippen LogP contribution in [0.2, 0.25) is 0 Å². The standard InChI is InChI=1S/C12H14BrN3S/c1-6(2)10-9(13)11(14)16-12(15-10)8-5-17-4-7(8)3/h4-6H,1-3H3,(H2,14,15,16). The van der Waals surface area contributed by atoms with Gasteiger partial charge in [0.15, 0.2) is 5.82 Å². The summed E-state index contributed by atoms with van der Waals surface area (Å²) in [6, 6.07) is 0. The van der Waals surface area contributed by atoms with Gasteiger partial charge < -0.3 is 5.73 Å². The van der Waals surface area contributed by atoms with E-state index in [0.29, 0.717) is 17.6 Å². The van der Waals surface area contributed by atoms with Crippen LogP contribution in [0.25, 0.3) is 11.4 Å². The summed E-state index contributed by atoms with van der Waals surface area (Å²) in [5.41, 5.74) is 9.13. The summed E-state index contributed by atoms with van der Waals surface area (Å²) in [5.74, 6) is 1.53. The number of thiophene rings is 1. The summed E-state index contributed by atoms with van der Waals surface area (Å²) in [5, 5.41) is 4.15. The van der Waals surface area contributed by atoms with Gasteiger partial charge in [-0.15, -0.1) is 0 Å². The maximum Gasteiger partial charge on any atom is 0.162 e. The van der Waals surface area contributed by atoms with Gasteiger partial charge in [0.1, 0.15) is 5.82 Å². The zero-order chi connectivity index (χ0) is 12.6. The van der Waals surface area contributed by atoms with Crippen LogP contribution in [0.4, 0.5) is 5.82 Å². The Morgan fingerprint density at radius 1 is 1.29 bits per heavy atom. The molecule has 0 aliphatic rings. The van der Waals surface area contributed by atoms with Gasteiger partial charge in [-0.25, -0.2) is 9.97 Å². The molecule has 2 aromatic heterocycles. The maximum atomic E-state index is 5.92. The Balaban J connectivity index is 2.61. The maximum absolute atomic E-state index is 5.92. The van der Waals surface area contributed by atoms with E-state index in [1.165, 1.54) is 5.56 Å². The average Bonchev–Trinajstić information content (AvgIpc) is 2.68. The van der Waals surface area contributed by atoms with Crippen molar-refractivity contribution in [2.75, 3.05) is 5.73 Å². The summed E-state index contributed by atoms with van der Waals surface area (Å²) in [6.45, 7) is 6.25. The van der Waals surface area contributed by atoms with Gasteiger partial charge in [0.05, 0.1) is 10.2 Å². The molecule has 0 saturated carbocycles. The summed E-state index contributed by atoms with van der Waals surface area (Å²) < 4.78 is 0.809. The SMILES string of the molecule is Cc1cscc1-c1nc(N)c(Br)c(C(C)C)n1. The molecule has 0 fully saturated rings. The second kappa shape index (κ2) is 4.74. The van der Waals surface area contributed by atoms with Crippen molar-refractivity contribution in [3.8, 4) is 11.4 Å². The third kappa shape index (κ3) is 2.35. The van der Waals surface area contributed by atoms with Crippen LogP contribution in [0, 0.1) is 6.92 Å². The highest BCUT2D eigenvalue weighted by Crippen LogP contribution is 2.31. The predicted molar refractivity (Wildman–Crippen MR) is 76.3 cm³/mol. The van der Waals surface area contributed by atoms with Crippen LogP contribution in [0.5, 0.6) is 0 Å². The molecular formula is C12H14BrN3S. The molecule has 0 aromatic carbocycles. The zero-order valence-electron chi connectivity index (χ0n) is 9.99. The second-order valence-corrected chi connectivity index (χ2v) is 5.79. The van der Waals surface area contributed by atoms with E-state index in [1.807, 2.05) is 0 Å². The van der Waals surface area contributed by atoms with Crippen LogP contribution in [0.3, 0.4) is 0 Å². The number of aryl methyl sites for hydroxylation is 1. The molecule has 0 amide bonds. The van der Waals surface area contributed by atoms with E-state index in [0.717, 1.165) is 15.7 Å². The number of nitrogens with zero attached hydrogens (tertiary/aromatic N) is 2. The Bertz CT molecular complexity index is 549. The lowest BCUT2D eigenvalue weighted by molar-refractivity contribution is 0.811. The number of anilines is 1. The first-order chi connectivity index (χ1) is 8.00. The van der Waals surface area contributed by atoms with Gasteiger partial charge in [0.25, 0.3) is 0 Å². The Morgan fingerprint density at radius 2 is 2.00 bits per heavy atom. The molecule has 2 rings (SSSR count). The van der Waals surface area contributed by atoms with Crippen molar-refractivity contribution >= 4 is 33.1 Å². The molecule has 0 spiro atoms. The fourth-order valence-electron chi connectivity index (χ4n) is 1.58. The van der Waals surface area contributed by atoms with Crippen molar-refractivity contribution in [2.45, 2.75) is 26.7 Å². The molecule has 2 heterocycles. The van der Waals surface area contributed by atoms with E-state index in [2.05, 4.69) is 57.4 Å². The number of aromatic nitrogens is 2. The van der Waals surface area contributed by atoms with Crippen LogP contribution in [-0.4, -0.2) is 9.97 Å². The molecule has 0 unspecified atom stereocenters. The molecule has 0 saturated heterocycles. The zero-order valence-corrected chi connectivity index (χ0v) is 12.4. The number of nitrogens with two attached hydrogens (primary N) is 1. The summed E-state index contributed by atoms with van der Waals surface area (Å²) in [4.78, 5) is 8.95. The van der Waals surface area contributed by atoms with Gasteiger partial charge in [-0.05, 0) is 39.7 Å². The van der Waals surface area contributed by atoms with Crippen molar-refractivity contribution in [1.82, 2.24) is 9.97 Å². The highest BCUT2D eigenvalue weighted by atomic mass is 79.9. The van der Waals surface area contributed by atoms with Crippen LogP contribution < -0.4 is 5.73 Å². The molecule has 2 N–H and O–H groups in total. The van der Waals surface area contributed by atoms with E-state index in [-0.39, 0.29) is 0 Å². The monoisotopic (exact) mass is 311 g/mol.